The minimum Gasteiger partial charge on any atom is -0.339 e. The molecular formula is C11H11N3O2S2. The van der Waals surface area contributed by atoms with Gasteiger partial charge in [-0.3, -0.25) is 5.21 Å². The van der Waals surface area contributed by atoms with Gasteiger partial charge >= 0.3 is 6.03 Å². The van der Waals surface area contributed by atoms with E-state index in [0.717, 1.165) is 9.92 Å². The van der Waals surface area contributed by atoms with Crippen molar-refractivity contribution in [2.24, 2.45) is 0 Å². The molecule has 2 aromatic heterocycles. The molecule has 0 saturated carbocycles. The first-order chi connectivity index (χ1) is 8.72. The number of carbonyl (C=O) groups excluding carboxylic acids is 1. The van der Waals surface area contributed by atoms with E-state index in [9.17, 15) is 10.0 Å². The smallest absolute Gasteiger partial charge is 0.339 e. The SMILES string of the molecule is CNC(=O)N(O)c1sccc1Sc1ccccn1. The molecule has 2 rings (SSSR count). The zero-order valence-corrected chi connectivity index (χ0v) is 11.2. The van der Waals surface area contributed by atoms with Crippen LogP contribution < -0.4 is 10.4 Å². The second-order valence-corrected chi connectivity index (χ2v) is 5.18. The number of rotatable bonds is 3. The zero-order valence-electron chi connectivity index (χ0n) is 9.53. The quantitative estimate of drug-likeness (QED) is 0.670. The Morgan fingerprint density at radius 1 is 1.50 bits per heavy atom. The van der Waals surface area contributed by atoms with Crippen LogP contribution in [0.1, 0.15) is 0 Å². The molecule has 0 aliphatic heterocycles. The van der Waals surface area contributed by atoms with E-state index in [4.69, 9.17) is 0 Å². The van der Waals surface area contributed by atoms with E-state index in [0.29, 0.717) is 10.1 Å². The third kappa shape index (κ3) is 2.81. The number of carbonyl (C=O) groups is 1. The zero-order chi connectivity index (χ0) is 13.0. The third-order valence-electron chi connectivity index (χ3n) is 2.06. The highest BCUT2D eigenvalue weighted by atomic mass is 32.2. The van der Waals surface area contributed by atoms with Gasteiger partial charge in [0.1, 0.15) is 10.0 Å². The Morgan fingerprint density at radius 2 is 2.33 bits per heavy atom. The lowest BCUT2D eigenvalue weighted by molar-refractivity contribution is 0.207. The summed E-state index contributed by atoms with van der Waals surface area (Å²) >= 11 is 2.68. The second-order valence-electron chi connectivity index (χ2n) is 3.23. The fraction of sp³-hybridized carbons (Fsp3) is 0.0909. The summed E-state index contributed by atoms with van der Waals surface area (Å²) < 4.78 is 0. The molecule has 2 N–H and O–H groups in total. The van der Waals surface area contributed by atoms with Crippen LogP contribution in [0.2, 0.25) is 0 Å². The molecule has 0 atom stereocenters. The molecule has 0 bridgehead atoms. The van der Waals surface area contributed by atoms with Crippen molar-refractivity contribution in [1.29, 1.82) is 0 Å². The number of nitrogens with zero attached hydrogens (tertiary/aromatic N) is 2. The van der Waals surface area contributed by atoms with Crippen LogP contribution in [0.3, 0.4) is 0 Å². The fourth-order valence-corrected chi connectivity index (χ4v) is 3.09. The lowest BCUT2D eigenvalue weighted by atomic mass is 10.5. The molecular weight excluding hydrogens is 270 g/mol. The molecule has 2 aromatic rings. The lowest BCUT2D eigenvalue weighted by Crippen LogP contribution is -2.35. The monoisotopic (exact) mass is 281 g/mol. The van der Waals surface area contributed by atoms with Gasteiger partial charge < -0.3 is 5.32 Å². The van der Waals surface area contributed by atoms with E-state index in [1.165, 1.54) is 30.1 Å². The van der Waals surface area contributed by atoms with Crippen molar-refractivity contribution < 1.29 is 10.0 Å². The second kappa shape index (κ2) is 5.85. The number of thiophene rings is 1. The van der Waals surface area contributed by atoms with Crippen LogP contribution in [0.4, 0.5) is 9.80 Å². The van der Waals surface area contributed by atoms with Gasteiger partial charge in [-0.1, -0.05) is 17.8 Å². The highest BCUT2D eigenvalue weighted by Gasteiger charge is 2.17. The van der Waals surface area contributed by atoms with E-state index in [2.05, 4.69) is 10.3 Å². The molecule has 0 aliphatic carbocycles. The van der Waals surface area contributed by atoms with Crippen LogP contribution in [0.5, 0.6) is 0 Å². The van der Waals surface area contributed by atoms with Crippen molar-refractivity contribution in [2.75, 3.05) is 12.1 Å². The first-order valence-electron chi connectivity index (χ1n) is 5.09. The number of hydrogen-bond donors (Lipinski definition) is 2. The first-order valence-corrected chi connectivity index (χ1v) is 6.79. The number of hydrogen-bond acceptors (Lipinski definition) is 5. The van der Waals surface area contributed by atoms with Gasteiger partial charge in [0.05, 0.1) is 4.90 Å². The van der Waals surface area contributed by atoms with Gasteiger partial charge in [-0.2, -0.15) is 5.06 Å². The van der Waals surface area contributed by atoms with E-state index < -0.39 is 6.03 Å². The summed E-state index contributed by atoms with van der Waals surface area (Å²) in [6.07, 6.45) is 1.70. The van der Waals surface area contributed by atoms with Crippen molar-refractivity contribution >= 4 is 34.1 Å². The summed E-state index contributed by atoms with van der Waals surface area (Å²) in [6, 6.07) is 6.86. The summed E-state index contributed by atoms with van der Waals surface area (Å²) in [6.45, 7) is 0. The fourth-order valence-electron chi connectivity index (χ4n) is 1.24. The Hall–Kier alpha value is -1.57. The van der Waals surface area contributed by atoms with Crippen LogP contribution >= 0.6 is 23.1 Å². The Labute approximate surface area is 112 Å². The lowest BCUT2D eigenvalue weighted by Gasteiger charge is -2.13. The highest BCUT2D eigenvalue weighted by Crippen LogP contribution is 2.38. The Balaban J connectivity index is 2.20. The largest absolute Gasteiger partial charge is 0.346 e. The molecule has 2 amide bonds. The molecule has 0 fully saturated rings. The van der Waals surface area contributed by atoms with Gasteiger partial charge in [-0.15, -0.1) is 11.3 Å². The summed E-state index contributed by atoms with van der Waals surface area (Å²) in [5.41, 5.74) is 0. The van der Waals surface area contributed by atoms with Gasteiger partial charge in [0.2, 0.25) is 0 Å². The summed E-state index contributed by atoms with van der Waals surface area (Å²) in [7, 11) is 1.46. The predicted octanol–water partition coefficient (Wildman–Crippen LogP) is 2.83. The molecule has 5 nitrogen and oxygen atoms in total. The summed E-state index contributed by atoms with van der Waals surface area (Å²) in [5, 5.41) is 15.8. The van der Waals surface area contributed by atoms with Gasteiger partial charge in [0.15, 0.2) is 0 Å². The Bertz CT molecular complexity index is 530. The molecule has 0 unspecified atom stereocenters. The number of nitrogens with one attached hydrogen (secondary N) is 1. The maximum absolute atomic E-state index is 11.4. The highest BCUT2D eigenvalue weighted by molar-refractivity contribution is 7.99. The predicted molar refractivity (Wildman–Crippen MR) is 71.4 cm³/mol. The van der Waals surface area contributed by atoms with Crippen LogP contribution in [0.15, 0.2) is 45.8 Å². The number of hydroxylamine groups is 1. The molecule has 0 aromatic carbocycles. The minimum atomic E-state index is -0.569. The van der Waals surface area contributed by atoms with Gasteiger partial charge in [0, 0.05) is 13.2 Å². The van der Waals surface area contributed by atoms with E-state index in [1.807, 2.05) is 29.6 Å². The Kier molecular flexibility index (Phi) is 4.19. The van der Waals surface area contributed by atoms with E-state index in [-0.39, 0.29) is 0 Å². The average Bonchev–Trinajstić information content (AvgIpc) is 2.86. The van der Waals surface area contributed by atoms with E-state index in [1.54, 1.807) is 6.20 Å². The molecule has 2 heterocycles. The topological polar surface area (TPSA) is 65.5 Å². The molecule has 18 heavy (non-hydrogen) atoms. The molecule has 94 valence electrons. The van der Waals surface area contributed by atoms with Crippen molar-refractivity contribution in [3.8, 4) is 0 Å². The number of pyridine rings is 1. The van der Waals surface area contributed by atoms with Crippen LogP contribution in [0, 0.1) is 0 Å². The Morgan fingerprint density at radius 3 is 3.00 bits per heavy atom. The van der Waals surface area contributed by atoms with E-state index >= 15 is 0 Å². The third-order valence-corrected chi connectivity index (χ3v) is 4.08. The number of anilines is 1. The van der Waals surface area contributed by atoms with Crippen LogP contribution in [0.25, 0.3) is 0 Å². The molecule has 0 radical (unpaired) electrons. The molecule has 0 aliphatic rings. The standard InChI is InChI=1S/C11H11N3O2S2/c1-12-11(15)14(16)10-8(5-7-17-10)18-9-4-2-3-6-13-9/h2-7,16H,1H3,(H,12,15). The normalized spacial score (nSPS) is 10.1. The number of amides is 2. The summed E-state index contributed by atoms with van der Waals surface area (Å²) in [4.78, 5) is 16.3. The molecule has 7 heteroatoms. The maximum atomic E-state index is 11.4. The summed E-state index contributed by atoms with van der Waals surface area (Å²) in [5.74, 6) is 0. The van der Waals surface area contributed by atoms with Crippen molar-refractivity contribution in [1.82, 2.24) is 10.3 Å². The number of urea groups is 1. The number of aromatic nitrogens is 1. The van der Waals surface area contributed by atoms with Crippen molar-refractivity contribution in [3.05, 3.63) is 35.8 Å². The van der Waals surface area contributed by atoms with Gasteiger partial charge in [-0.05, 0) is 23.6 Å². The van der Waals surface area contributed by atoms with Crippen molar-refractivity contribution in [3.63, 3.8) is 0 Å². The molecule has 0 spiro atoms. The van der Waals surface area contributed by atoms with Crippen LogP contribution in [-0.4, -0.2) is 23.3 Å². The minimum absolute atomic E-state index is 0.477. The van der Waals surface area contributed by atoms with Gasteiger partial charge in [-0.25, -0.2) is 9.78 Å². The van der Waals surface area contributed by atoms with Gasteiger partial charge in [0.25, 0.3) is 0 Å². The maximum Gasteiger partial charge on any atom is 0.346 e. The average molecular weight is 281 g/mol. The van der Waals surface area contributed by atoms with Crippen molar-refractivity contribution in [2.45, 2.75) is 9.92 Å². The first kappa shape index (κ1) is 12.9. The molecule has 0 saturated heterocycles. The van der Waals surface area contributed by atoms with Crippen LogP contribution in [-0.2, 0) is 0 Å².